The molecule has 1 aromatic heterocycles. The first kappa shape index (κ1) is 21.7. The molecule has 0 aliphatic heterocycles. The van der Waals surface area contributed by atoms with Crippen LogP contribution in [0.5, 0.6) is 0 Å². The summed E-state index contributed by atoms with van der Waals surface area (Å²) in [6, 6.07) is 0.686. The number of nitrogens with one attached hydrogen (secondary N) is 1. The van der Waals surface area contributed by atoms with Gasteiger partial charge in [-0.3, -0.25) is 9.59 Å². The highest BCUT2D eigenvalue weighted by molar-refractivity contribution is 7.09. The fraction of sp³-hybridized carbons (Fsp3) is 0.312. The number of carbonyl (C=O) groups excluding carboxylic acids is 2. The first-order valence-electron chi connectivity index (χ1n) is 7.54. The average molecular weight is 425 g/mol. The molecule has 0 fully saturated rings. The summed E-state index contributed by atoms with van der Waals surface area (Å²) in [4.78, 5) is 28.7. The van der Waals surface area contributed by atoms with Gasteiger partial charge in [-0.2, -0.15) is 26.3 Å². The van der Waals surface area contributed by atoms with Crippen LogP contribution in [0.4, 0.5) is 26.3 Å². The Morgan fingerprint density at radius 3 is 2.07 bits per heavy atom. The van der Waals surface area contributed by atoms with Crippen LogP contribution < -0.4 is 5.32 Å². The van der Waals surface area contributed by atoms with Crippen LogP contribution in [-0.2, 0) is 18.9 Å². The molecule has 0 saturated carbocycles. The molecule has 2 aromatic rings. The van der Waals surface area contributed by atoms with Crippen LogP contribution in [0, 0.1) is 0 Å². The minimum absolute atomic E-state index is 0.0484. The molecule has 1 aromatic carbocycles. The lowest BCUT2D eigenvalue weighted by atomic mass is 10.0. The molecule has 0 saturated heterocycles. The molecule has 12 heteroatoms. The Morgan fingerprint density at radius 1 is 1.07 bits per heavy atom. The Labute approximate surface area is 159 Å². The Hall–Kier alpha value is -2.63. The number of hydrogen-bond donors (Lipinski definition) is 1. The van der Waals surface area contributed by atoms with Crippen molar-refractivity contribution in [2.75, 3.05) is 14.1 Å². The van der Waals surface area contributed by atoms with E-state index in [4.69, 9.17) is 0 Å². The van der Waals surface area contributed by atoms with E-state index in [0.717, 1.165) is 16.2 Å². The maximum Gasteiger partial charge on any atom is 0.416 e. The van der Waals surface area contributed by atoms with Crippen LogP contribution in [-0.4, -0.2) is 35.8 Å². The topological polar surface area (TPSA) is 62.3 Å². The summed E-state index contributed by atoms with van der Waals surface area (Å²) in [7, 11) is 2.60. The monoisotopic (exact) mass is 425 g/mol. The molecule has 0 aliphatic rings. The van der Waals surface area contributed by atoms with E-state index >= 15 is 0 Å². The van der Waals surface area contributed by atoms with Crippen molar-refractivity contribution in [2.24, 2.45) is 0 Å². The summed E-state index contributed by atoms with van der Waals surface area (Å²) in [6.45, 7) is -0.196. The number of benzene rings is 1. The summed E-state index contributed by atoms with van der Waals surface area (Å²) >= 11 is 1.02. The third-order valence-electron chi connectivity index (χ3n) is 3.57. The maximum atomic E-state index is 12.9. The van der Waals surface area contributed by atoms with Crippen LogP contribution in [0.25, 0.3) is 0 Å². The van der Waals surface area contributed by atoms with Gasteiger partial charge in [0, 0.05) is 25.0 Å². The Morgan fingerprint density at radius 2 is 1.61 bits per heavy atom. The van der Waals surface area contributed by atoms with Gasteiger partial charge in [0.05, 0.1) is 17.7 Å². The van der Waals surface area contributed by atoms with Crippen molar-refractivity contribution in [1.82, 2.24) is 15.2 Å². The Balaban J connectivity index is 2.31. The van der Waals surface area contributed by atoms with Gasteiger partial charge in [0.25, 0.3) is 11.8 Å². The highest BCUT2D eigenvalue weighted by atomic mass is 32.1. The van der Waals surface area contributed by atoms with Gasteiger partial charge in [-0.25, -0.2) is 4.98 Å². The van der Waals surface area contributed by atoms with E-state index in [0.29, 0.717) is 12.1 Å². The molecule has 28 heavy (non-hydrogen) atoms. The lowest BCUT2D eigenvalue weighted by Crippen LogP contribution is -2.27. The second kappa shape index (κ2) is 7.78. The first-order chi connectivity index (χ1) is 12.8. The van der Waals surface area contributed by atoms with Crippen molar-refractivity contribution >= 4 is 23.2 Å². The summed E-state index contributed by atoms with van der Waals surface area (Å²) < 4.78 is 77.5. The SMILES string of the molecule is CNC(=O)c1csc(CN(C)C(=O)c2cc(C(F)(F)F)cc(C(F)(F)F)c2)n1. The molecular formula is C16H13F6N3O2S. The molecule has 0 radical (unpaired) electrons. The number of halogens is 6. The van der Waals surface area contributed by atoms with Crippen LogP contribution in [0.3, 0.4) is 0 Å². The number of rotatable bonds is 4. The van der Waals surface area contributed by atoms with E-state index < -0.39 is 40.9 Å². The van der Waals surface area contributed by atoms with Crippen LogP contribution in [0.15, 0.2) is 23.6 Å². The molecule has 1 N–H and O–H groups in total. The number of nitrogens with zero attached hydrogens (tertiary/aromatic N) is 2. The molecule has 0 atom stereocenters. The van der Waals surface area contributed by atoms with Crippen molar-refractivity contribution in [2.45, 2.75) is 18.9 Å². The van der Waals surface area contributed by atoms with Gasteiger partial charge in [-0.05, 0) is 18.2 Å². The van der Waals surface area contributed by atoms with Crippen molar-refractivity contribution < 1.29 is 35.9 Å². The molecule has 152 valence electrons. The highest BCUT2D eigenvalue weighted by Gasteiger charge is 2.37. The van der Waals surface area contributed by atoms with Gasteiger partial charge < -0.3 is 10.2 Å². The quantitative estimate of drug-likeness (QED) is 0.758. The fourth-order valence-corrected chi connectivity index (χ4v) is 3.02. The van der Waals surface area contributed by atoms with Crippen molar-refractivity contribution in [3.05, 3.63) is 51.0 Å². The number of aromatic nitrogens is 1. The molecule has 0 unspecified atom stereocenters. The van der Waals surface area contributed by atoms with Gasteiger partial charge >= 0.3 is 12.4 Å². The van der Waals surface area contributed by atoms with Crippen LogP contribution in [0.1, 0.15) is 37.0 Å². The van der Waals surface area contributed by atoms with E-state index in [9.17, 15) is 35.9 Å². The summed E-state index contributed by atoms with van der Waals surface area (Å²) in [5, 5.41) is 4.05. The lowest BCUT2D eigenvalue weighted by molar-refractivity contribution is -0.143. The van der Waals surface area contributed by atoms with Crippen molar-refractivity contribution in [3.63, 3.8) is 0 Å². The average Bonchev–Trinajstić information content (AvgIpc) is 3.06. The van der Waals surface area contributed by atoms with Gasteiger partial charge in [-0.1, -0.05) is 0 Å². The van der Waals surface area contributed by atoms with E-state index in [2.05, 4.69) is 10.3 Å². The third-order valence-corrected chi connectivity index (χ3v) is 4.40. The second-order valence-corrected chi connectivity index (χ2v) is 6.60. The largest absolute Gasteiger partial charge is 0.416 e. The van der Waals surface area contributed by atoms with Gasteiger partial charge in [0.15, 0.2) is 0 Å². The first-order valence-corrected chi connectivity index (χ1v) is 8.42. The van der Waals surface area contributed by atoms with E-state index in [1.165, 1.54) is 19.5 Å². The molecule has 0 aliphatic carbocycles. The molecule has 0 bridgehead atoms. The van der Waals surface area contributed by atoms with Gasteiger partial charge in [0.1, 0.15) is 10.7 Å². The predicted octanol–water partition coefficient (Wildman–Crippen LogP) is 3.81. The Bertz CT molecular complexity index is 859. The zero-order chi connectivity index (χ0) is 21.3. The molecular weight excluding hydrogens is 412 g/mol. The van der Waals surface area contributed by atoms with Gasteiger partial charge in [-0.15, -0.1) is 11.3 Å². The van der Waals surface area contributed by atoms with Crippen molar-refractivity contribution in [3.8, 4) is 0 Å². The number of thiazole rings is 1. The van der Waals surface area contributed by atoms with E-state index in [1.807, 2.05) is 0 Å². The minimum Gasteiger partial charge on any atom is -0.354 e. The number of alkyl halides is 6. The highest BCUT2D eigenvalue weighted by Crippen LogP contribution is 2.36. The zero-order valence-electron chi connectivity index (χ0n) is 14.4. The molecule has 2 rings (SSSR count). The zero-order valence-corrected chi connectivity index (χ0v) is 15.2. The standard InChI is InChI=1S/C16H13F6N3O2S/c1-23-13(26)11-7-28-12(24-11)6-25(2)14(27)8-3-9(15(17,18)19)5-10(4-8)16(20,21)22/h3-5,7H,6H2,1-2H3,(H,23,26). The number of carbonyl (C=O) groups is 2. The van der Waals surface area contributed by atoms with Crippen LogP contribution >= 0.6 is 11.3 Å². The minimum atomic E-state index is -5.05. The van der Waals surface area contributed by atoms with Crippen molar-refractivity contribution in [1.29, 1.82) is 0 Å². The second-order valence-electron chi connectivity index (χ2n) is 5.66. The molecule has 2 amide bonds. The fourth-order valence-electron chi connectivity index (χ4n) is 2.19. The normalized spacial score (nSPS) is 12.0. The number of amides is 2. The maximum absolute atomic E-state index is 12.9. The summed E-state index contributed by atoms with van der Waals surface area (Å²) in [6.07, 6.45) is -10.1. The molecule has 5 nitrogen and oxygen atoms in total. The lowest BCUT2D eigenvalue weighted by Gasteiger charge is -2.18. The number of hydrogen-bond acceptors (Lipinski definition) is 4. The smallest absolute Gasteiger partial charge is 0.354 e. The predicted molar refractivity (Wildman–Crippen MR) is 87.7 cm³/mol. The van der Waals surface area contributed by atoms with E-state index in [1.54, 1.807) is 0 Å². The van der Waals surface area contributed by atoms with Crippen LogP contribution in [0.2, 0.25) is 0 Å². The summed E-state index contributed by atoms with van der Waals surface area (Å²) in [5.74, 6) is -1.52. The van der Waals surface area contributed by atoms with E-state index in [-0.39, 0.29) is 23.3 Å². The third kappa shape index (κ3) is 5.00. The Kier molecular flexibility index (Phi) is 6.02. The van der Waals surface area contributed by atoms with Gasteiger partial charge in [0.2, 0.25) is 0 Å². The summed E-state index contributed by atoms with van der Waals surface area (Å²) in [5.41, 5.74) is -3.82. The molecule has 0 spiro atoms. The molecule has 1 heterocycles.